The number of carbonyl (C=O) groups is 2. The van der Waals surface area contributed by atoms with Gasteiger partial charge in [-0.2, -0.15) is 0 Å². The molecule has 5 atom stereocenters. The molecule has 1 aliphatic heterocycles. The highest BCUT2D eigenvalue weighted by Crippen LogP contribution is 2.74. The summed E-state index contributed by atoms with van der Waals surface area (Å²) in [5.41, 5.74) is 0.174. The van der Waals surface area contributed by atoms with Crippen molar-refractivity contribution < 1.29 is 24.9 Å². The maximum Gasteiger partial charge on any atom is 0.198 e. The van der Waals surface area contributed by atoms with Gasteiger partial charge in [0.05, 0.1) is 29.0 Å². The summed E-state index contributed by atoms with van der Waals surface area (Å²) >= 11 is 0. The molecule has 5 N–H and O–H groups in total. The number of aliphatic hydroxyl groups is 2. The number of ketones is 2. The van der Waals surface area contributed by atoms with Crippen LogP contribution in [0.1, 0.15) is 56.3 Å². The van der Waals surface area contributed by atoms with E-state index >= 15 is 0 Å². The van der Waals surface area contributed by atoms with E-state index in [0.717, 1.165) is 5.56 Å². The number of nitrogens with one attached hydrogen (secondary N) is 2. The second-order valence-electron chi connectivity index (χ2n) is 9.89. The Hall–Kier alpha value is -3.88. The molecule has 36 heavy (non-hydrogen) atoms. The fraction of sp³-hybridized carbons (Fsp3) is 0.310. The Bertz CT molecular complexity index is 1530. The van der Waals surface area contributed by atoms with Crippen LogP contribution in [0.3, 0.4) is 0 Å². The van der Waals surface area contributed by atoms with E-state index < -0.39 is 40.6 Å². The third-order valence-corrected chi connectivity index (χ3v) is 8.19. The Kier molecular flexibility index (Phi) is 4.74. The van der Waals surface area contributed by atoms with Gasteiger partial charge in [0.15, 0.2) is 11.6 Å². The fourth-order valence-electron chi connectivity index (χ4n) is 6.47. The molecule has 0 amide bonds. The van der Waals surface area contributed by atoms with Crippen LogP contribution in [-0.4, -0.2) is 52.2 Å². The molecule has 2 bridgehead atoms. The normalized spacial score (nSPS) is 30.0. The van der Waals surface area contributed by atoms with Crippen LogP contribution in [0.2, 0.25) is 0 Å². The van der Waals surface area contributed by atoms with Crippen molar-refractivity contribution in [2.45, 2.75) is 43.6 Å². The Morgan fingerprint density at radius 2 is 1.83 bits per heavy atom. The minimum atomic E-state index is -1.19. The second kappa shape index (κ2) is 7.56. The average Bonchev–Trinajstić information content (AvgIpc) is 3.58. The van der Waals surface area contributed by atoms with Crippen molar-refractivity contribution >= 4 is 17.3 Å². The van der Waals surface area contributed by atoms with Crippen LogP contribution in [0.5, 0.6) is 5.75 Å². The Balaban J connectivity index is 1.63. The molecule has 0 radical (unpaired) electrons. The van der Waals surface area contributed by atoms with Crippen molar-refractivity contribution in [1.82, 2.24) is 5.32 Å². The number of hydrogen-bond donors (Lipinski definition) is 5. The summed E-state index contributed by atoms with van der Waals surface area (Å²) in [6.45, 7) is 2.17. The van der Waals surface area contributed by atoms with Gasteiger partial charge in [0, 0.05) is 28.5 Å². The lowest BCUT2D eigenvalue weighted by molar-refractivity contribution is 0.0603. The van der Waals surface area contributed by atoms with E-state index in [-0.39, 0.29) is 28.0 Å². The zero-order chi connectivity index (χ0) is 25.4. The van der Waals surface area contributed by atoms with E-state index in [1.54, 1.807) is 44.3 Å². The van der Waals surface area contributed by atoms with Crippen LogP contribution in [0.4, 0.5) is 5.69 Å². The molecule has 180 valence electrons. The largest absolute Gasteiger partial charge is 0.507 e. The first kappa shape index (κ1) is 22.6. The first-order chi connectivity index (χ1) is 17.3. The van der Waals surface area contributed by atoms with Crippen LogP contribution < -0.4 is 10.6 Å². The van der Waals surface area contributed by atoms with E-state index in [0.29, 0.717) is 24.2 Å². The van der Waals surface area contributed by atoms with E-state index in [9.17, 15) is 24.9 Å². The summed E-state index contributed by atoms with van der Waals surface area (Å²) in [5, 5.41) is 39.7. The lowest BCUT2D eigenvalue weighted by atomic mass is 9.69. The molecule has 0 unspecified atom stereocenters. The van der Waals surface area contributed by atoms with Gasteiger partial charge in [0.2, 0.25) is 0 Å². The van der Waals surface area contributed by atoms with Crippen LogP contribution in [-0.2, 0) is 12.0 Å². The molecule has 2 aromatic carbocycles. The lowest BCUT2D eigenvalue weighted by Gasteiger charge is -2.42. The summed E-state index contributed by atoms with van der Waals surface area (Å²) in [6.07, 6.45) is 1.40. The van der Waals surface area contributed by atoms with Gasteiger partial charge in [-0.1, -0.05) is 29.7 Å². The number of rotatable bonds is 3. The number of benzene rings is 2. The third kappa shape index (κ3) is 2.65. The third-order valence-electron chi connectivity index (χ3n) is 8.19. The first-order valence-corrected chi connectivity index (χ1v) is 11.8. The van der Waals surface area contributed by atoms with Gasteiger partial charge >= 0.3 is 0 Å². The van der Waals surface area contributed by atoms with Crippen LogP contribution in [0.15, 0.2) is 36.4 Å². The van der Waals surface area contributed by atoms with E-state index in [4.69, 9.17) is 0 Å². The molecule has 0 spiro atoms. The summed E-state index contributed by atoms with van der Waals surface area (Å²) in [6, 6.07) is 5.92. The highest BCUT2D eigenvalue weighted by atomic mass is 16.3. The standard InChI is InChI=1S/C29H24N2O5/c1-15(32)28-14-29(28)19-12-20(33)23-24(25(19)31-21(28)7-5-3-4-6-8-22(29)34)26(35)17-10-9-16(13-30-2)11-18(17)27(23)36/h3-4,9-12,15,21-22,30-34H,13-14H2,1-2H3/b4-3-/t15-,21+,22-,28-,29-/m1/s1. The van der Waals surface area contributed by atoms with Gasteiger partial charge in [-0.05, 0) is 61.9 Å². The van der Waals surface area contributed by atoms with Crippen molar-refractivity contribution in [3.63, 3.8) is 0 Å². The van der Waals surface area contributed by atoms with Gasteiger partial charge < -0.3 is 26.0 Å². The smallest absolute Gasteiger partial charge is 0.198 e. The number of aliphatic hydroxyl groups excluding tert-OH is 2. The van der Waals surface area contributed by atoms with Gasteiger partial charge in [-0.25, -0.2) is 0 Å². The van der Waals surface area contributed by atoms with E-state index in [1.165, 1.54) is 6.07 Å². The number of aromatic hydroxyl groups is 1. The molecule has 0 aromatic heterocycles. The molecule has 7 heteroatoms. The predicted octanol–water partition coefficient (Wildman–Crippen LogP) is 1.63. The zero-order valence-corrected chi connectivity index (χ0v) is 19.8. The van der Waals surface area contributed by atoms with Gasteiger partial charge in [-0.15, -0.1) is 0 Å². The molecule has 1 heterocycles. The van der Waals surface area contributed by atoms with E-state index in [1.807, 2.05) is 0 Å². The summed E-state index contributed by atoms with van der Waals surface area (Å²) < 4.78 is 0. The van der Waals surface area contributed by atoms with Gasteiger partial charge in [0.1, 0.15) is 11.9 Å². The minimum Gasteiger partial charge on any atom is -0.507 e. The van der Waals surface area contributed by atoms with Gasteiger partial charge in [-0.3, -0.25) is 9.59 Å². The maximum absolute atomic E-state index is 13.9. The second-order valence-corrected chi connectivity index (χ2v) is 9.89. The number of fused-ring (bicyclic) bond motifs is 4. The SMILES string of the molecule is CNCc1ccc2c(c1)C(=O)c1c(O)cc3c(c1C2=O)N[C@H]1C#C/C=C\C#C[C@@H](O)[C@@]32C[C@@]12[C@@H](C)O. The quantitative estimate of drug-likeness (QED) is 0.286. The molecule has 1 fully saturated rings. The average molecular weight is 481 g/mol. The molecule has 4 aliphatic rings. The van der Waals surface area contributed by atoms with Crippen molar-refractivity contribution in [2.75, 3.05) is 12.4 Å². The summed E-state index contributed by atoms with van der Waals surface area (Å²) in [4.78, 5) is 27.5. The molecule has 2 aromatic rings. The fourth-order valence-corrected chi connectivity index (χ4v) is 6.47. The van der Waals surface area contributed by atoms with Crippen molar-refractivity contribution in [1.29, 1.82) is 0 Å². The number of phenols is 1. The van der Waals surface area contributed by atoms with Crippen LogP contribution in [0.25, 0.3) is 0 Å². The molecular formula is C29H24N2O5. The molecule has 0 saturated heterocycles. The van der Waals surface area contributed by atoms with Crippen molar-refractivity contribution in [3.05, 3.63) is 69.8 Å². The predicted molar refractivity (Wildman–Crippen MR) is 133 cm³/mol. The number of anilines is 1. The van der Waals surface area contributed by atoms with Crippen LogP contribution >= 0.6 is 0 Å². The van der Waals surface area contributed by atoms with Crippen molar-refractivity contribution in [2.24, 2.45) is 5.41 Å². The highest BCUT2D eigenvalue weighted by molar-refractivity contribution is 6.31. The summed E-state index contributed by atoms with van der Waals surface area (Å²) in [5.74, 6) is 10.5. The number of phenolic OH excluding ortho intramolecular Hbond substituents is 1. The Morgan fingerprint density at radius 3 is 2.56 bits per heavy atom. The monoisotopic (exact) mass is 480 g/mol. The first-order valence-electron chi connectivity index (χ1n) is 11.8. The molecule has 3 aliphatic carbocycles. The number of allylic oxidation sites excluding steroid dienone is 2. The molecule has 6 rings (SSSR count). The topological polar surface area (TPSA) is 119 Å². The molecule has 1 saturated carbocycles. The van der Waals surface area contributed by atoms with Gasteiger partial charge in [0.25, 0.3) is 0 Å². The van der Waals surface area contributed by atoms with Crippen molar-refractivity contribution in [3.8, 4) is 29.4 Å². The van der Waals surface area contributed by atoms with E-state index in [2.05, 4.69) is 34.3 Å². The molecular weight excluding hydrogens is 456 g/mol. The Morgan fingerprint density at radius 1 is 1.11 bits per heavy atom. The van der Waals surface area contributed by atoms with Crippen LogP contribution in [0, 0.1) is 29.1 Å². The summed E-state index contributed by atoms with van der Waals surface area (Å²) in [7, 11) is 1.79. The number of carbonyl (C=O) groups excluding carboxylic acids is 2. The minimum absolute atomic E-state index is 0.0638. The zero-order valence-electron chi connectivity index (χ0n) is 19.8. The number of hydrogen-bond acceptors (Lipinski definition) is 7. The highest BCUT2D eigenvalue weighted by Gasteiger charge is 2.79. The molecule has 7 nitrogen and oxygen atoms in total. The Labute approximate surface area is 208 Å². The maximum atomic E-state index is 13.9. The lowest BCUT2D eigenvalue weighted by Crippen LogP contribution is -2.50.